The van der Waals surface area contributed by atoms with Crippen molar-refractivity contribution >= 4 is 5.91 Å². The van der Waals surface area contributed by atoms with E-state index in [4.69, 9.17) is 0 Å². The van der Waals surface area contributed by atoms with Crippen molar-refractivity contribution in [1.29, 1.82) is 0 Å². The van der Waals surface area contributed by atoms with Gasteiger partial charge in [-0.15, -0.1) is 0 Å². The molecule has 0 aromatic heterocycles. The smallest absolute Gasteiger partial charge is 0.234 e. The molecule has 3 rings (SSSR count). The SMILES string of the molecule is O=C(CNCC1CC1)N[C@@H]1c2ccccc2C[C@@H]1O. The third-order valence-electron chi connectivity index (χ3n) is 3.94. The lowest BCUT2D eigenvalue weighted by Crippen LogP contribution is -2.39. The zero-order valence-corrected chi connectivity index (χ0v) is 10.9. The van der Waals surface area contributed by atoms with E-state index in [-0.39, 0.29) is 11.9 Å². The van der Waals surface area contributed by atoms with E-state index < -0.39 is 6.10 Å². The Labute approximate surface area is 113 Å². The van der Waals surface area contributed by atoms with Crippen LogP contribution in [0.1, 0.15) is 30.0 Å². The number of aliphatic hydroxyl groups is 1. The number of benzene rings is 1. The molecule has 0 saturated heterocycles. The fourth-order valence-corrected chi connectivity index (χ4v) is 2.68. The summed E-state index contributed by atoms with van der Waals surface area (Å²) in [5.74, 6) is 0.729. The first kappa shape index (κ1) is 12.6. The van der Waals surface area contributed by atoms with Crippen molar-refractivity contribution < 1.29 is 9.90 Å². The highest BCUT2D eigenvalue weighted by Gasteiger charge is 2.31. The van der Waals surface area contributed by atoms with Gasteiger partial charge in [-0.05, 0) is 36.4 Å². The molecule has 4 heteroatoms. The Morgan fingerprint density at radius 1 is 1.32 bits per heavy atom. The summed E-state index contributed by atoms with van der Waals surface area (Å²) in [6.45, 7) is 1.26. The van der Waals surface area contributed by atoms with Crippen molar-refractivity contribution in [2.24, 2.45) is 5.92 Å². The third-order valence-corrected chi connectivity index (χ3v) is 3.94. The molecular weight excluding hydrogens is 240 g/mol. The minimum absolute atomic E-state index is 0.0404. The zero-order chi connectivity index (χ0) is 13.2. The van der Waals surface area contributed by atoms with E-state index in [1.54, 1.807) is 0 Å². The average molecular weight is 260 g/mol. The second-order valence-corrected chi connectivity index (χ2v) is 5.59. The lowest BCUT2D eigenvalue weighted by Gasteiger charge is -2.18. The highest BCUT2D eigenvalue weighted by atomic mass is 16.3. The van der Waals surface area contributed by atoms with Crippen LogP contribution in [0.3, 0.4) is 0 Å². The van der Waals surface area contributed by atoms with Crippen LogP contribution in [0, 0.1) is 5.92 Å². The summed E-state index contributed by atoms with van der Waals surface area (Å²) < 4.78 is 0. The maximum absolute atomic E-state index is 11.9. The number of hydrogen-bond donors (Lipinski definition) is 3. The first-order valence-corrected chi connectivity index (χ1v) is 7.00. The molecule has 0 radical (unpaired) electrons. The first-order chi connectivity index (χ1) is 9.24. The van der Waals surface area contributed by atoms with E-state index in [2.05, 4.69) is 10.6 Å². The fraction of sp³-hybridized carbons (Fsp3) is 0.533. The van der Waals surface area contributed by atoms with Gasteiger partial charge >= 0.3 is 0 Å². The lowest BCUT2D eigenvalue weighted by atomic mass is 10.1. The van der Waals surface area contributed by atoms with Gasteiger partial charge in [0.1, 0.15) is 0 Å². The first-order valence-electron chi connectivity index (χ1n) is 7.00. The van der Waals surface area contributed by atoms with Gasteiger partial charge in [-0.1, -0.05) is 24.3 Å². The van der Waals surface area contributed by atoms with E-state index in [9.17, 15) is 9.90 Å². The van der Waals surface area contributed by atoms with E-state index in [1.807, 2.05) is 24.3 Å². The molecular formula is C15H20N2O2. The monoisotopic (exact) mass is 260 g/mol. The van der Waals surface area contributed by atoms with Gasteiger partial charge < -0.3 is 15.7 Å². The predicted octanol–water partition coefficient (Wildman–Crippen LogP) is 0.760. The van der Waals surface area contributed by atoms with Crippen molar-refractivity contribution in [3.05, 3.63) is 35.4 Å². The molecule has 4 nitrogen and oxygen atoms in total. The second kappa shape index (κ2) is 5.31. The van der Waals surface area contributed by atoms with Crippen LogP contribution in [-0.4, -0.2) is 30.2 Å². The molecule has 1 aromatic rings. The molecule has 19 heavy (non-hydrogen) atoms. The predicted molar refractivity (Wildman–Crippen MR) is 72.6 cm³/mol. The minimum atomic E-state index is -0.509. The Morgan fingerprint density at radius 3 is 2.89 bits per heavy atom. The highest BCUT2D eigenvalue weighted by molar-refractivity contribution is 5.78. The minimum Gasteiger partial charge on any atom is -0.390 e. The molecule has 3 N–H and O–H groups in total. The molecule has 1 saturated carbocycles. The Bertz CT molecular complexity index is 471. The number of hydrogen-bond acceptors (Lipinski definition) is 3. The number of rotatable bonds is 5. The topological polar surface area (TPSA) is 61.4 Å². The molecule has 102 valence electrons. The number of carbonyl (C=O) groups excluding carboxylic acids is 1. The molecule has 2 aliphatic rings. The number of aliphatic hydroxyl groups excluding tert-OH is 1. The summed E-state index contributed by atoms with van der Waals surface area (Å²) >= 11 is 0. The van der Waals surface area contributed by atoms with Crippen LogP contribution in [0.4, 0.5) is 0 Å². The van der Waals surface area contributed by atoms with Gasteiger partial charge in [0.15, 0.2) is 0 Å². The lowest BCUT2D eigenvalue weighted by molar-refractivity contribution is -0.121. The van der Waals surface area contributed by atoms with Crippen molar-refractivity contribution in [2.75, 3.05) is 13.1 Å². The summed E-state index contributed by atoms with van der Waals surface area (Å²) in [5, 5.41) is 16.1. The molecule has 0 spiro atoms. The summed E-state index contributed by atoms with van der Waals surface area (Å²) in [4.78, 5) is 11.9. The number of nitrogens with one attached hydrogen (secondary N) is 2. The quantitative estimate of drug-likeness (QED) is 0.732. The van der Waals surface area contributed by atoms with Crippen LogP contribution < -0.4 is 10.6 Å². The molecule has 0 unspecified atom stereocenters. The molecule has 2 aliphatic carbocycles. The molecule has 0 aliphatic heterocycles. The van der Waals surface area contributed by atoms with Crippen LogP contribution in [0.25, 0.3) is 0 Å². The second-order valence-electron chi connectivity index (χ2n) is 5.59. The van der Waals surface area contributed by atoms with Crippen molar-refractivity contribution in [3.63, 3.8) is 0 Å². The summed E-state index contributed by atoms with van der Waals surface area (Å²) in [6, 6.07) is 7.64. The normalized spacial score (nSPS) is 25.1. The molecule has 1 fully saturated rings. The van der Waals surface area contributed by atoms with Crippen LogP contribution in [0.2, 0.25) is 0 Å². The van der Waals surface area contributed by atoms with Crippen LogP contribution in [0.15, 0.2) is 24.3 Å². The van der Waals surface area contributed by atoms with Gasteiger partial charge in [-0.25, -0.2) is 0 Å². The molecule has 1 aromatic carbocycles. The van der Waals surface area contributed by atoms with E-state index in [1.165, 1.54) is 12.8 Å². The third kappa shape index (κ3) is 2.96. The standard InChI is InChI=1S/C15H20N2O2/c18-13-7-11-3-1-2-4-12(11)15(13)17-14(19)9-16-8-10-5-6-10/h1-4,10,13,15-16,18H,5-9H2,(H,17,19)/t13-,15+/m0/s1. The zero-order valence-electron chi connectivity index (χ0n) is 10.9. The van der Waals surface area contributed by atoms with Crippen molar-refractivity contribution in [1.82, 2.24) is 10.6 Å². The largest absolute Gasteiger partial charge is 0.390 e. The van der Waals surface area contributed by atoms with Gasteiger partial charge in [-0.2, -0.15) is 0 Å². The number of amides is 1. The van der Waals surface area contributed by atoms with E-state index in [0.717, 1.165) is 23.6 Å². The number of fused-ring (bicyclic) bond motifs is 1. The van der Waals surface area contributed by atoms with E-state index >= 15 is 0 Å². The van der Waals surface area contributed by atoms with Gasteiger partial charge in [0, 0.05) is 6.42 Å². The van der Waals surface area contributed by atoms with Crippen LogP contribution >= 0.6 is 0 Å². The maximum Gasteiger partial charge on any atom is 0.234 e. The maximum atomic E-state index is 11.9. The Morgan fingerprint density at radius 2 is 2.11 bits per heavy atom. The molecule has 1 amide bonds. The number of carbonyl (C=O) groups is 1. The Hall–Kier alpha value is -1.39. The van der Waals surface area contributed by atoms with Crippen molar-refractivity contribution in [3.8, 4) is 0 Å². The van der Waals surface area contributed by atoms with Gasteiger partial charge in [0.25, 0.3) is 0 Å². The fourth-order valence-electron chi connectivity index (χ4n) is 2.68. The van der Waals surface area contributed by atoms with Gasteiger partial charge in [-0.3, -0.25) is 4.79 Å². The Kier molecular flexibility index (Phi) is 3.53. The Balaban J connectivity index is 1.55. The van der Waals surface area contributed by atoms with Crippen LogP contribution in [0.5, 0.6) is 0 Å². The average Bonchev–Trinajstić information content (AvgIpc) is 3.16. The molecule has 0 heterocycles. The molecule has 2 atom stereocenters. The molecule has 0 bridgehead atoms. The van der Waals surface area contributed by atoms with E-state index in [0.29, 0.717) is 13.0 Å². The highest BCUT2D eigenvalue weighted by Crippen LogP contribution is 2.31. The van der Waals surface area contributed by atoms with Gasteiger partial charge in [0.2, 0.25) is 5.91 Å². The van der Waals surface area contributed by atoms with Gasteiger partial charge in [0.05, 0.1) is 18.7 Å². The summed E-state index contributed by atoms with van der Waals surface area (Å²) in [7, 11) is 0. The van der Waals surface area contributed by atoms with Crippen molar-refractivity contribution in [2.45, 2.75) is 31.4 Å². The summed E-state index contributed by atoms with van der Waals surface area (Å²) in [5.41, 5.74) is 2.18. The van der Waals surface area contributed by atoms with Crippen LogP contribution in [-0.2, 0) is 11.2 Å². The summed E-state index contributed by atoms with van der Waals surface area (Å²) in [6.07, 6.45) is 2.67.